The summed E-state index contributed by atoms with van der Waals surface area (Å²) >= 11 is 0. The SMILES string of the molecule is CC(N)CNc1nccc(NC2CCCCC2)n1. The summed E-state index contributed by atoms with van der Waals surface area (Å²) in [6, 6.07) is 2.59. The predicted molar refractivity (Wildman–Crippen MR) is 74.7 cm³/mol. The van der Waals surface area contributed by atoms with Gasteiger partial charge in [-0.2, -0.15) is 4.98 Å². The van der Waals surface area contributed by atoms with Crippen LogP contribution in [0.25, 0.3) is 0 Å². The largest absolute Gasteiger partial charge is 0.367 e. The van der Waals surface area contributed by atoms with Gasteiger partial charge in [-0.3, -0.25) is 0 Å². The summed E-state index contributed by atoms with van der Waals surface area (Å²) in [5, 5.41) is 6.62. The van der Waals surface area contributed by atoms with Gasteiger partial charge in [0.15, 0.2) is 0 Å². The lowest BCUT2D eigenvalue weighted by Crippen LogP contribution is -2.26. The molecule has 4 N–H and O–H groups in total. The van der Waals surface area contributed by atoms with Crippen molar-refractivity contribution in [2.45, 2.75) is 51.1 Å². The van der Waals surface area contributed by atoms with Crippen molar-refractivity contribution in [3.63, 3.8) is 0 Å². The Kier molecular flexibility index (Phi) is 4.75. The van der Waals surface area contributed by atoms with Gasteiger partial charge in [-0.25, -0.2) is 4.98 Å². The van der Waals surface area contributed by atoms with E-state index in [1.807, 2.05) is 13.0 Å². The normalized spacial score (nSPS) is 18.3. The Labute approximate surface area is 109 Å². The van der Waals surface area contributed by atoms with E-state index in [0.717, 1.165) is 5.82 Å². The molecule has 1 heterocycles. The maximum absolute atomic E-state index is 5.69. The van der Waals surface area contributed by atoms with Gasteiger partial charge in [-0.15, -0.1) is 0 Å². The van der Waals surface area contributed by atoms with Crippen LogP contribution < -0.4 is 16.4 Å². The van der Waals surface area contributed by atoms with Crippen LogP contribution in [0.4, 0.5) is 11.8 Å². The molecule has 1 aliphatic carbocycles. The molecule has 2 rings (SSSR count). The second-order valence-electron chi connectivity index (χ2n) is 5.10. The van der Waals surface area contributed by atoms with Crippen molar-refractivity contribution >= 4 is 11.8 Å². The number of nitrogens with zero attached hydrogens (tertiary/aromatic N) is 2. The molecule has 1 aliphatic rings. The summed E-state index contributed by atoms with van der Waals surface area (Å²) in [6.07, 6.45) is 8.26. The smallest absolute Gasteiger partial charge is 0.224 e. The molecule has 0 aromatic carbocycles. The summed E-state index contributed by atoms with van der Waals surface area (Å²) < 4.78 is 0. The van der Waals surface area contributed by atoms with Gasteiger partial charge < -0.3 is 16.4 Å². The Hall–Kier alpha value is -1.36. The first-order chi connectivity index (χ1) is 8.74. The van der Waals surface area contributed by atoms with Gasteiger partial charge in [-0.1, -0.05) is 19.3 Å². The topological polar surface area (TPSA) is 75.9 Å². The molecule has 0 radical (unpaired) electrons. The zero-order chi connectivity index (χ0) is 12.8. The molecule has 0 aliphatic heterocycles. The highest BCUT2D eigenvalue weighted by atomic mass is 15.1. The fourth-order valence-corrected chi connectivity index (χ4v) is 2.23. The van der Waals surface area contributed by atoms with Gasteiger partial charge in [-0.05, 0) is 25.8 Å². The molecule has 0 saturated heterocycles. The number of hydrogen-bond acceptors (Lipinski definition) is 5. The number of rotatable bonds is 5. The standard InChI is InChI=1S/C13H23N5/c1-10(14)9-16-13-15-8-7-12(18-13)17-11-5-3-2-4-6-11/h7-8,10-11H,2-6,9,14H2,1H3,(H2,15,16,17,18). The Morgan fingerprint density at radius 3 is 2.89 bits per heavy atom. The van der Waals surface area contributed by atoms with Crippen LogP contribution in [0.2, 0.25) is 0 Å². The van der Waals surface area contributed by atoms with Gasteiger partial charge in [0, 0.05) is 24.8 Å². The van der Waals surface area contributed by atoms with Crippen molar-refractivity contribution in [3.05, 3.63) is 12.3 Å². The number of hydrogen-bond donors (Lipinski definition) is 3. The molecule has 1 atom stereocenters. The van der Waals surface area contributed by atoms with Gasteiger partial charge in [0.1, 0.15) is 5.82 Å². The number of anilines is 2. The van der Waals surface area contributed by atoms with E-state index in [1.54, 1.807) is 6.20 Å². The summed E-state index contributed by atoms with van der Waals surface area (Å²) in [4.78, 5) is 8.64. The Bertz CT molecular complexity index is 360. The van der Waals surface area contributed by atoms with Crippen molar-refractivity contribution in [2.24, 2.45) is 5.73 Å². The Morgan fingerprint density at radius 2 is 2.17 bits per heavy atom. The van der Waals surface area contributed by atoms with Crippen LogP contribution in [0.1, 0.15) is 39.0 Å². The molecular formula is C13H23N5. The molecule has 0 amide bonds. The molecule has 0 bridgehead atoms. The fraction of sp³-hybridized carbons (Fsp3) is 0.692. The number of nitrogens with one attached hydrogen (secondary N) is 2. The van der Waals surface area contributed by atoms with Crippen molar-refractivity contribution in [3.8, 4) is 0 Å². The fourth-order valence-electron chi connectivity index (χ4n) is 2.23. The van der Waals surface area contributed by atoms with Crippen LogP contribution >= 0.6 is 0 Å². The molecule has 1 aromatic heterocycles. The average Bonchev–Trinajstić information content (AvgIpc) is 2.38. The van der Waals surface area contributed by atoms with Crippen LogP contribution in [0.15, 0.2) is 12.3 Å². The zero-order valence-electron chi connectivity index (χ0n) is 11.0. The van der Waals surface area contributed by atoms with E-state index in [1.165, 1.54) is 32.1 Å². The Morgan fingerprint density at radius 1 is 1.39 bits per heavy atom. The van der Waals surface area contributed by atoms with E-state index >= 15 is 0 Å². The van der Waals surface area contributed by atoms with Crippen LogP contribution in [0.5, 0.6) is 0 Å². The minimum absolute atomic E-state index is 0.101. The molecule has 0 spiro atoms. The molecule has 1 aromatic rings. The first kappa shape index (κ1) is 13.1. The third-order valence-corrected chi connectivity index (χ3v) is 3.19. The third-order valence-electron chi connectivity index (χ3n) is 3.19. The molecule has 18 heavy (non-hydrogen) atoms. The molecular weight excluding hydrogens is 226 g/mol. The van der Waals surface area contributed by atoms with Gasteiger partial charge >= 0.3 is 0 Å². The lowest BCUT2D eigenvalue weighted by molar-refractivity contribution is 0.462. The third kappa shape index (κ3) is 4.14. The van der Waals surface area contributed by atoms with Crippen molar-refractivity contribution in [2.75, 3.05) is 17.2 Å². The monoisotopic (exact) mass is 249 g/mol. The quantitative estimate of drug-likeness (QED) is 0.744. The van der Waals surface area contributed by atoms with Crippen LogP contribution in [0.3, 0.4) is 0 Å². The van der Waals surface area contributed by atoms with Crippen molar-refractivity contribution in [1.29, 1.82) is 0 Å². The second-order valence-corrected chi connectivity index (χ2v) is 5.10. The number of aromatic nitrogens is 2. The lowest BCUT2D eigenvalue weighted by atomic mass is 9.95. The maximum atomic E-state index is 5.69. The van der Waals surface area contributed by atoms with E-state index in [9.17, 15) is 0 Å². The second kappa shape index (κ2) is 6.54. The summed E-state index contributed by atoms with van der Waals surface area (Å²) in [6.45, 7) is 2.64. The van der Waals surface area contributed by atoms with E-state index in [-0.39, 0.29) is 6.04 Å². The summed E-state index contributed by atoms with van der Waals surface area (Å²) in [5.41, 5.74) is 5.69. The highest BCUT2D eigenvalue weighted by Gasteiger charge is 2.13. The molecule has 5 nitrogen and oxygen atoms in total. The molecule has 100 valence electrons. The van der Waals surface area contributed by atoms with Gasteiger partial charge in [0.25, 0.3) is 0 Å². The molecule has 5 heteroatoms. The van der Waals surface area contributed by atoms with Crippen LogP contribution in [-0.2, 0) is 0 Å². The van der Waals surface area contributed by atoms with E-state index in [4.69, 9.17) is 5.73 Å². The first-order valence-corrected chi connectivity index (χ1v) is 6.83. The van der Waals surface area contributed by atoms with E-state index in [0.29, 0.717) is 18.5 Å². The highest BCUT2D eigenvalue weighted by Crippen LogP contribution is 2.20. The number of nitrogens with two attached hydrogens (primary N) is 1. The minimum Gasteiger partial charge on any atom is -0.367 e. The van der Waals surface area contributed by atoms with Gasteiger partial charge in [0.05, 0.1) is 0 Å². The molecule has 1 fully saturated rings. The summed E-state index contributed by atoms with van der Waals surface area (Å²) in [7, 11) is 0. The first-order valence-electron chi connectivity index (χ1n) is 6.83. The molecule has 1 unspecified atom stereocenters. The van der Waals surface area contributed by atoms with Crippen LogP contribution in [-0.4, -0.2) is 28.6 Å². The Balaban J connectivity index is 1.89. The van der Waals surface area contributed by atoms with E-state index in [2.05, 4.69) is 20.6 Å². The van der Waals surface area contributed by atoms with Crippen molar-refractivity contribution < 1.29 is 0 Å². The van der Waals surface area contributed by atoms with E-state index < -0.39 is 0 Å². The predicted octanol–water partition coefficient (Wildman–Crippen LogP) is 1.98. The average molecular weight is 249 g/mol. The minimum atomic E-state index is 0.101. The summed E-state index contributed by atoms with van der Waals surface area (Å²) in [5.74, 6) is 1.55. The van der Waals surface area contributed by atoms with Gasteiger partial charge in [0.2, 0.25) is 5.95 Å². The van der Waals surface area contributed by atoms with Crippen molar-refractivity contribution in [1.82, 2.24) is 9.97 Å². The van der Waals surface area contributed by atoms with Crippen LogP contribution in [0, 0.1) is 0 Å². The highest BCUT2D eigenvalue weighted by molar-refractivity contribution is 5.40. The molecule has 1 saturated carbocycles. The lowest BCUT2D eigenvalue weighted by Gasteiger charge is -2.23. The maximum Gasteiger partial charge on any atom is 0.224 e. The zero-order valence-corrected chi connectivity index (χ0v) is 11.0.